The Morgan fingerprint density at radius 3 is 2.35 bits per heavy atom. The van der Waals surface area contributed by atoms with E-state index >= 15 is 0 Å². The van der Waals surface area contributed by atoms with Gasteiger partial charge in [0.05, 0.1) is 29.7 Å². The van der Waals surface area contributed by atoms with Crippen LogP contribution < -0.4 is 10.3 Å². The van der Waals surface area contributed by atoms with Gasteiger partial charge >= 0.3 is 0 Å². The van der Waals surface area contributed by atoms with E-state index in [-0.39, 0.29) is 5.56 Å². The molecule has 5 heteroatoms. The molecule has 0 unspecified atom stereocenters. The molecule has 0 saturated heterocycles. The second-order valence-corrected chi connectivity index (χ2v) is 6.07. The summed E-state index contributed by atoms with van der Waals surface area (Å²) in [6.07, 6.45) is 0. The summed E-state index contributed by atoms with van der Waals surface area (Å²) in [6, 6.07) is 15.1. The number of nitrogens with zero attached hydrogens (tertiary/aromatic N) is 3. The van der Waals surface area contributed by atoms with Crippen molar-refractivity contribution in [2.45, 2.75) is 27.3 Å². The normalized spacial score (nSPS) is 11.2. The van der Waals surface area contributed by atoms with E-state index in [4.69, 9.17) is 9.72 Å². The van der Waals surface area contributed by atoms with Crippen LogP contribution in [0.15, 0.2) is 53.3 Å². The number of benzene rings is 2. The lowest BCUT2D eigenvalue weighted by Gasteiger charge is -2.21. The molecule has 136 valence electrons. The highest BCUT2D eigenvalue weighted by Gasteiger charge is 2.14. The van der Waals surface area contributed by atoms with Gasteiger partial charge in [0.25, 0.3) is 5.56 Å². The summed E-state index contributed by atoms with van der Waals surface area (Å²) in [6.45, 7) is 9.23. The van der Waals surface area contributed by atoms with Crippen LogP contribution in [-0.4, -0.2) is 34.1 Å². The summed E-state index contributed by atoms with van der Waals surface area (Å²) in [7, 11) is 0. The maximum absolute atomic E-state index is 13.2. The van der Waals surface area contributed by atoms with Gasteiger partial charge in [-0.15, -0.1) is 0 Å². The van der Waals surface area contributed by atoms with Crippen molar-refractivity contribution in [3.8, 4) is 11.4 Å². The van der Waals surface area contributed by atoms with E-state index in [1.54, 1.807) is 4.57 Å². The van der Waals surface area contributed by atoms with E-state index in [0.29, 0.717) is 18.5 Å². The van der Waals surface area contributed by atoms with Crippen LogP contribution in [0.2, 0.25) is 0 Å². The van der Waals surface area contributed by atoms with Crippen LogP contribution in [0.4, 0.5) is 0 Å². The molecule has 0 aliphatic rings. The van der Waals surface area contributed by atoms with Gasteiger partial charge in [-0.05, 0) is 56.4 Å². The van der Waals surface area contributed by atoms with Gasteiger partial charge in [-0.3, -0.25) is 14.3 Å². The molecule has 0 radical (unpaired) electrons. The molecular weight excluding hydrogens is 326 g/mol. The Bertz CT molecular complexity index is 928. The third-order valence-electron chi connectivity index (χ3n) is 4.51. The quantitative estimate of drug-likeness (QED) is 0.652. The summed E-state index contributed by atoms with van der Waals surface area (Å²) >= 11 is 0. The molecule has 0 atom stereocenters. The van der Waals surface area contributed by atoms with Gasteiger partial charge < -0.3 is 4.74 Å². The van der Waals surface area contributed by atoms with E-state index in [1.165, 1.54) is 0 Å². The highest BCUT2D eigenvalue weighted by atomic mass is 16.5. The number of fused-ring (bicyclic) bond motifs is 1. The number of aromatic nitrogens is 2. The Morgan fingerprint density at radius 1 is 1.00 bits per heavy atom. The lowest BCUT2D eigenvalue weighted by Crippen LogP contribution is -2.30. The largest absolute Gasteiger partial charge is 0.494 e. The Labute approximate surface area is 153 Å². The molecule has 0 fully saturated rings. The van der Waals surface area contributed by atoms with Crippen molar-refractivity contribution in [1.82, 2.24) is 14.5 Å². The van der Waals surface area contributed by atoms with Gasteiger partial charge in [0.2, 0.25) is 0 Å². The van der Waals surface area contributed by atoms with Gasteiger partial charge in [-0.1, -0.05) is 26.0 Å². The maximum atomic E-state index is 13.2. The minimum Gasteiger partial charge on any atom is -0.494 e. The molecule has 0 spiro atoms. The molecular formula is C21H25N3O2. The van der Waals surface area contributed by atoms with Crippen molar-refractivity contribution in [2.24, 2.45) is 0 Å². The fraction of sp³-hybridized carbons (Fsp3) is 0.333. The Morgan fingerprint density at radius 2 is 1.69 bits per heavy atom. The maximum Gasteiger partial charge on any atom is 0.266 e. The number of hydrogen-bond acceptors (Lipinski definition) is 4. The van der Waals surface area contributed by atoms with Crippen LogP contribution in [0.25, 0.3) is 16.6 Å². The van der Waals surface area contributed by atoms with Crippen molar-refractivity contribution < 1.29 is 4.74 Å². The van der Waals surface area contributed by atoms with Gasteiger partial charge in [-0.25, -0.2) is 4.98 Å². The highest BCUT2D eigenvalue weighted by Crippen LogP contribution is 2.18. The van der Waals surface area contributed by atoms with E-state index in [2.05, 4.69) is 18.7 Å². The van der Waals surface area contributed by atoms with Gasteiger partial charge in [-0.2, -0.15) is 0 Å². The number of para-hydroxylation sites is 1. The first-order valence-electron chi connectivity index (χ1n) is 9.14. The topological polar surface area (TPSA) is 47.4 Å². The summed E-state index contributed by atoms with van der Waals surface area (Å²) in [5.74, 6) is 1.55. The zero-order valence-corrected chi connectivity index (χ0v) is 15.6. The lowest BCUT2D eigenvalue weighted by molar-refractivity contribution is 0.285. The second kappa shape index (κ2) is 8.15. The molecule has 0 saturated carbocycles. The fourth-order valence-corrected chi connectivity index (χ4v) is 3.06. The molecule has 3 rings (SSSR count). The molecule has 1 aromatic heterocycles. The first kappa shape index (κ1) is 18.1. The van der Waals surface area contributed by atoms with Crippen LogP contribution in [-0.2, 0) is 6.54 Å². The van der Waals surface area contributed by atoms with Gasteiger partial charge in [0.15, 0.2) is 0 Å². The number of hydrogen-bond donors (Lipinski definition) is 0. The highest BCUT2D eigenvalue weighted by molar-refractivity contribution is 5.77. The second-order valence-electron chi connectivity index (χ2n) is 6.07. The van der Waals surface area contributed by atoms with E-state index in [0.717, 1.165) is 35.9 Å². The predicted molar refractivity (Wildman–Crippen MR) is 105 cm³/mol. The molecule has 0 N–H and O–H groups in total. The Balaban J connectivity index is 2.17. The van der Waals surface area contributed by atoms with Crippen molar-refractivity contribution in [3.63, 3.8) is 0 Å². The van der Waals surface area contributed by atoms with Crippen molar-refractivity contribution in [3.05, 3.63) is 64.7 Å². The molecule has 26 heavy (non-hydrogen) atoms. The van der Waals surface area contributed by atoms with Crippen molar-refractivity contribution in [1.29, 1.82) is 0 Å². The van der Waals surface area contributed by atoms with Crippen LogP contribution in [0.1, 0.15) is 26.6 Å². The molecule has 0 aliphatic carbocycles. The SMILES string of the molecule is CCOc1ccc(-n2c(CN(CC)CC)nc3ccccc3c2=O)cc1. The third-order valence-corrected chi connectivity index (χ3v) is 4.51. The number of ether oxygens (including phenoxy) is 1. The van der Waals surface area contributed by atoms with Crippen LogP contribution in [0, 0.1) is 0 Å². The predicted octanol–water partition coefficient (Wildman–Crippen LogP) is 3.63. The summed E-state index contributed by atoms with van der Waals surface area (Å²) < 4.78 is 7.23. The molecule has 3 aromatic rings. The number of rotatable bonds is 7. The average molecular weight is 351 g/mol. The average Bonchev–Trinajstić information content (AvgIpc) is 2.67. The molecule has 0 bridgehead atoms. The van der Waals surface area contributed by atoms with E-state index in [9.17, 15) is 4.79 Å². The molecule has 0 amide bonds. The Hall–Kier alpha value is -2.66. The monoisotopic (exact) mass is 351 g/mol. The molecule has 2 aromatic carbocycles. The lowest BCUT2D eigenvalue weighted by atomic mass is 10.2. The molecule has 1 heterocycles. The minimum absolute atomic E-state index is 0.0399. The zero-order valence-electron chi connectivity index (χ0n) is 15.6. The van der Waals surface area contributed by atoms with Crippen LogP contribution in [0.5, 0.6) is 5.75 Å². The third kappa shape index (κ3) is 3.63. The minimum atomic E-state index is -0.0399. The van der Waals surface area contributed by atoms with Gasteiger partial charge in [0.1, 0.15) is 11.6 Å². The fourth-order valence-electron chi connectivity index (χ4n) is 3.06. The Kier molecular flexibility index (Phi) is 5.68. The first-order chi connectivity index (χ1) is 12.7. The zero-order chi connectivity index (χ0) is 18.5. The molecule has 5 nitrogen and oxygen atoms in total. The van der Waals surface area contributed by atoms with E-state index in [1.807, 2.05) is 55.5 Å². The molecule has 0 aliphatic heterocycles. The van der Waals surface area contributed by atoms with Gasteiger partial charge in [0, 0.05) is 0 Å². The summed E-state index contributed by atoms with van der Waals surface area (Å²) in [5, 5.41) is 0.629. The van der Waals surface area contributed by atoms with Crippen molar-refractivity contribution in [2.75, 3.05) is 19.7 Å². The summed E-state index contributed by atoms with van der Waals surface area (Å²) in [5.41, 5.74) is 1.50. The van der Waals surface area contributed by atoms with E-state index < -0.39 is 0 Å². The summed E-state index contributed by atoms with van der Waals surface area (Å²) in [4.78, 5) is 20.2. The van der Waals surface area contributed by atoms with Crippen molar-refractivity contribution >= 4 is 10.9 Å². The van der Waals surface area contributed by atoms with Crippen LogP contribution >= 0.6 is 0 Å². The smallest absolute Gasteiger partial charge is 0.266 e. The van der Waals surface area contributed by atoms with Crippen LogP contribution in [0.3, 0.4) is 0 Å². The first-order valence-corrected chi connectivity index (χ1v) is 9.14. The standard InChI is InChI=1S/C21H25N3O2/c1-4-23(5-2)15-20-22-19-10-8-7-9-18(19)21(25)24(20)16-11-13-17(14-12-16)26-6-3/h7-14H,4-6,15H2,1-3H3.